The molecule has 1 saturated heterocycles. The maximum atomic E-state index is 12.6. The number of halogens is 2. The molecular formula is C23H19Cl2NO7S. The van der Waals surface area contributed by atoms with Crippen molar-refractivity contribution in [3.8, 4) is 11.5 Å². The maximum Gasteiger partial charge on any atom is 0.343 e. The summed E-state index contributed by atoms with van der Waals surface area (Å²) in [5.41, 5.74) is 0.656. The van der Waals surface area contributed by atoms with Gasteiger partial charge in [-0.2, -0.15) is 0 Å². The Morgan fingerprint density at radius 1 is 1.09 bits per heavy atom. The highest BCUT2D eigenvalue weighted by Crippen LogP contribution is 2.39. The van der Waals surface area contributed by atoms with E-state index in [0.29, 0.717) is 22.3 Å². The smallest absolute Gasteiger partial charge is 0.343 e. The van der Waals surface area contributed by atoms with Crippen molar-refractivity contribution >= 4 is 64.1 Å². The van der Waals surface area contributed by atoms with Crippen molar-refractivity contribution in [1.29, 1.82) is 0 Å². The summed E-state index contributed by atoms with van der Waals surface area (Å²) < 4.78 is 15.8. The van der Waals surface area contributed by atoms with E-state index in [1.165, 1.54) is 24.3 Å². The molecule has 8 nitrogen and oxygen atoms in total. The number of thioether (sulfide) groups is 1. The van der Waals surface area contributed by atoms with E-state index in [4.69, 9.17) is 37.4 Å². The van der Waals surface area contributed by atoms with Gasteiger partial charge in [0.25, 0.3) is 11.1 Å². The molecule has 11 heteroatoms. The first-order valence-electron chi connectivity index (χ1n) is 10.1. The first-order chi connectivity index (χ1) is 16.2. The fraction of sp³-hybridized carbons (Fsp3) is 0.217. The van der Waals surface area contributed by atoms with Crippen LogP contribution in [0.5, 0.6) is 11.5 Å². The van der Waals surface area contributed by atoms with Gasteiger partial charge in [0.2, 0.25) is 0 Å². The van der Waals surface area contributed by atoms with Gasteiger partial charge < -0.3 is 14.2 Å². The highest BCUT2D eigenvalue weighted by atomic mass is 35.5. The summed E-state index contributed by atoms with van der Waals surface area (Å²) in [5, 5.41) is -0.163. The number of amides is 2. The third-order valence-corrected chi connectivity index (χ3v) is 5.77. The SMILES string of the molecule is CCOC(=O)CN1C(=O)S/C(=C\c2cc(Cl)c(OC(=O)c3cccc(Cl)c3)c(OCC)c2)C1=O. The second-order valence-electron chi connectivity index (χ2n) is 6.74. The monoisotopic (exact) mass is 523 g/mol. The highest BCUT2D eigenvalue weighted by molar-refractivity contribution is 8.18. The van der Waals surface area contributed by atoms with Gasteiger partial charge in [-0.05, 0) is 67.6 Å². The molecule has 0 aromatic heterocycles. The first kappa shape index (κ1) is 25.6. The number of imide groups is 1. The molecule has 2 aromatic rings. The number of esters is 2. The van der Waals surface area contributed by atoms with Crippen molar-refractivity contribution in [2.24, 2.45) is 0 Å². The topological polar surface area (TPSA) is 99.2 Å². The van der Waals surface area contributed by atoms with E-state index in [9.17, 15) is 19.2 Å². The molecule has 0 aliphatic carbocycles. The van der Waals surface area contributed by atoms with Crippen molar-refractivity contribution in [2.45, 2.75) is 13.8 Å². The maximum absolute atomic E-state index is 12.6. The zero-order valence-electron chi connectivity index (χ0n) is 18.1. The van der Waals surface area contributed by atoms with Gasteiger partial charge in [-0.1, -0.05) is 29.3 Å². The van der Waals surface area contributed by atoms with Crippen LogP contribution in [0, 0.1) is 0 Å². The molecule has 178 valence electrons. The average Bonchev–Trinajstić information content (AvgIpc) is 3.03. The van der Waals surface area contributed by atoms with Crippen LogP contribution in [-0.2, 0) is 14.3 Å². The molecule has 34 heavy (non-hydrogen) atoms. The summed E-state index contributed by atoms with van der Waals surface area (Å²) in [6.07, 6.45) is 1.44. The lowest BCUT2D eigenvalue weighted by atomic mass is 10.1. The van der Waals surface area contributed by atoms with Gasteiger partial charge in [0.05, 0.1) is 28.7 Å². The second kappa shape index (κ2) is 11.4. The Morgan fingerprint density at radius 2 is 1.85 bits per heavy atom. The van der Waals surface area contributed by atoms with E-state index in [0.717, 1.165) is 4.90 Å². The quantitative estimate of drug-likeness (QED) is 0.264. The normalized spacial score (nSPS) is 14.5. The molecule has 0 unspecified atom stereocenters. The Hall–Kier alpha value is -3.01. The van der Waals surface area contributed by atoms with Gasteiger partial charge in [0.1, 0.15) is 6.54 Å². The molecule has 0 bridgehead atoms. The fourth-order valence-electron chi connectivity index (χ4n) is 2.92. The molecule has 0 saturated carbocycles. The van der Waals surface area contributed by atoms with Crippen LogP contribution in [0.4, 0.5) is 4.79 Å². The largest absolute Gasteiger partial charge is 0.490 e. The van der Waals surface area contributed by atoms with E-state index in [2.05, 4.69) is 0 Å². The molecule has 0 radical (unpaired) electrons. The molecule has 0 spiro atoms. The fourth-order valence-corrected chi connectivity index (χ4v) is 4.21. The predicted molar refractivity (Wildman–Crippen MR) is 128 cm³/mol. The predicted octanol–water partition coefficient (Wildman–Crippen LogP) is 5.21. The summed E-state index contributed by atoms with van der Waals surface area (Å²) >= 11 is 13.0. The van der Waals surface area contributed by atoms with Crippen LogP contribution in [0.1, 0.15) is 29.8 Å². The molecule has 0 N–H and O–H groups in total. The lowest BCUT2D eigenvalue weighted by Crippen LogP contribution is -2.34. The summed E-state index contributed by atoms with van der Waals surface area (Å²) in [4.78, 5) is 49.9. The minimum atomic E-state index is -0.682. The van der Waals surface area contributed by atoms with Crippen LogP contribution < -0.4 is 9.47 Å². The standard InChI is InChI=1S/C23H19Cl2NO7S/c1-3-31-17-9-13(10-18-21(28)26(23(30)34-18)12-19(27)32-4-2)8-16(25)20(17)33-22(29)14-6-5-7-15(24)11-14/h5-11H,3-4,12H2,1-2H3/b18-10-. The number of carbonyl (C=O) groups excluding carboxylic acids is 4. The summed E-state index contributed by atoms with van der Waals surface area (Å²) in [6.45, 7) is 3.28. The lowest BCUT2D eigenvalue weighted by Gasteiger charge is -2.14. The Morgan fingerprint density at radius 3 is 2.53 bits per heavy atom. The number of carbonyl (C=O) groups is 4. The van der Waals surface area contributed by atoms with E-state index < -0.39 is 29.6 Å². The van der Waals surface area contributed by atoms with Gasteiger partial charge in [-0.25, -0.2) is 4.79 Å². The zero-order chi connectivity index (χ0) is 24.8. The average molecular weight is 524 g/mol. The Kier molecular flexibility index (Phi) is 8.60. The van der Waals surface area contributed by atoms with E-state index in [1.807, 2.05) is 0 Å². The van der Waals surface area contributed by atoms with Gasteiger partial charge in [0, 0.05) is 5.02 Å². The Bertz CT molecular complexity index is 1180. The van der Waals surface area contributed by atoms with E-state index in [1.54, 1.807) is 32.0 Å². The van der Waals surface area contributed by atoms with Gasteiger partial charge in [0.15, 0.2) is 11.5 Å². The van der Waals surface area contributed by atoms with Crippen molar-refractivity contribution in [2.75, 3.05) is 19.8 Å². The van der Waals surface area contributed by atoms with Crippen molar-refractivity contribution in [3.63, 3.8) is 0 Å². The minimum Gasteiger partial charge on any atom is -0.490 e. The second-order valence-corrected chi connectivity index (χ2v) is 8.57. The first-order valence-corrected chi connectivity index (χ1v) is 11.7. The Balaban J connectivity index is 1.87. The molecule has 1 aliphatic heterocycles. The van der Waals surface area contributed by atoms with Gasteiger partial charge in [-0.3, -0.25) is 19.3 Å². The molecular weight excluding hydrogens is 505 g/mol. The van der Waals surface area contributed by atoms with Crippen molar-refractivity contribution < 1.29 is 33.4 Å². The van der Waals surface area contributed by atoms with E-state index in [-0.39, 0.29) is 40.2 Å². The molecule has 3 rings (SSSR count). The molecule has 1 fully saturated rings. The van der Waals surface area contributed by atoms with Crippen LogP contribution in [0.15, 0.2) is 41.3 Å². The van der Waals surface area contributed by atoms with Crippen LogP contribution >= 0.6 is 35.0 Å². The molecule has 2 amide bonds. The van der Waals surface area contributed by atoms with Crippen LogP contribution in [0.25, 0.3) is 6.08 Å². The molecule has 1 heterocycles. The minimum absolute atomic E-state index is 0.000979. The highest BCUT2D eigenvalue weighted by Gasteiger charge is 2.36. The van der Waals surface area contributed by atoms with Gasteiger partial charge >= 0.3 is 11.9 Å². The number of benzene rings is 2. The number of ether oxygens (including phenoxy) is 3. The van der Waals surface area contributed by atoms with Crippen LogP contribution in [-0.4, -0.2) is 47.7 Å². The van der Waals surface area contributed by atoms with Crippen LogP contribution in [0.3, 0.4) is 0 Å². The third kappa shape index (κ3) is 6.11. The van der Waals surface area contributed by atoms with Gasteiger partial charge in [-0.15, -0.1) is 0 Å². The van der Waals surface area contributed by atoms with E-state index >= 15 is 0 Å². The number of rotatable bonds is 8. The van der Waals surface area contributed by atoms with Crippen molar-refractivity contribution in [3.05, 3.63) is 62.5 Å². The number of hydrogen-bond acceptors (Lipinski definition) is 8. The summed E-state index contributed by atoms with van der Waals surface area (Å²) in [7, 11) is 0. The molecule has 0 atom stereocenters. The third-order valence-electron chi connectivity index (χ3n) is 4.35. The molecule has 1 aliphatic rings. The zero-order valence-corrected chi connectivity index (χ0v) is 20.5. The summed E-state index contributed by atoms with van der Waals surface area (Å²) in [6, 6.07) is 9.23. The van der Waals surface area contributed by atoms with Crippen molar-refractivity contribution in [1.82, 2.24) is 4.90 Å². The summed E-state index contributed by atoms with van der Waals surface area (Å²) in [5.74, 6) is -1.83. The molecule has 2 aromatic carbocycles. The number of nitrogens with zero attached hydrogens (tertiary/aromatic N) is 1. The Labute approximate surface area is 209 Å². The van der Waals surface area contributed by atoms with Crippen LogP contribution in [0.2, 0.25) is 10.0 Å². The number of hydrogen-bond donors (Lipinski definition) is 0. The lowest BCUT2D eigenvalue weighted by molar-refractivity contribution is -0.145.